The zero-order valence-electron chi connectivity index (χ0n) is 21.1. The number of ether oxygens (including phenoxy) is 1. The Morgan fingerprint density at radius 2 is 1.76 bits per heavy atom. The number of carbonyl (C=O) groups is 1. The first kappa shape index (κ1) is 25.7. The summed E-state index contributed by atoms with van der Waals surface area (Å²) in [5, 5.41) is 3.00. The maximum atomic E-state index is 12.8. The summed E-state index contributed by atoms with van der Waals surface area (Å²) in [4.78, 5) is 17.0. The van der Waals surface area contributed by atoms with Crippen molar-refractivity contribution in [3.8, 4) is 16.8 Å². The standard InChI is InChI=1S/C29H39N3O2/c1-5-7-9-24(6-2)20-34-15-8-14-31-29(33)28-19-30-21-32(28)27-12-10-25(11-13-27)26-17-22(3)16-23(4)18-26/h10-13,16-19,21,24H,5-9,14-15,20H2,1-4H3,(H,31,33)/t24-/m1/s1. The summed E-state index contributed by atoms with van der Waals surface area (Å²) in [6, 6.07) is 14.8. The molecule has 1 N–H and O–H groups in total. The van der Waals surface area contributed by atoms with Gasteiger partial charge in [-0.05, 0) is 55.9 Å². The second-order valence-corrected chi connectivity index (χ2v) is 9.17. The fourth-order valence-electron chi connectivity index (χ4n) is 4.24. The third-order valence-electron chi connectivity index (χ3n) is 6.22. The maximum Gasteiger partial charge on any atom is 0.269 e. The molecule has 0 radical (unpaired) electrons. The van der Waals surface area contributed by atoms with Crippen molar-refractivity contribution >= 4 is 5.91 Å². The van der Waals surface area contributed by atoms with Gasteiger partial charge in [-0.1, -0.05) is 74.6 Å². The average Bonchev–Trinajstić information content (AvgIpc) is 3.32. The molecular formula is C29H39N3O2. The Hall–Kier alpha value is -2.92. The zero-order chi connectivity index (χ0) is 24.3. The van der Waals surface area contributed by atoms with Gasteiger partial charge in [-0.15, -0.1) is 0 Å². The zero-order valence-corrected chi connectivity index (χ0v) is 21.1. The fourth-order valence-corrected chi connectivity index (χ4v) is 4.24. The highest BCUT2D eigenvalue weighted by Crippen LogP contribution is 2.24. The van der Waals surface area contributed by atoms with Crippen LogP contribution in [-0.2, 0) is 4.74 Å². The SMILES string of the molecule is CCCC[C@@H](CC)COCCCNC(=O)c1cncn1-c1ccc(-c2cc(C)cc(C)c2)cc1. The summed E-state index contributed by atoms with van der Waals surface area (Å²) in [6.07, 6.45) is 8.99. The van der Waals surface area contributed by atoms with Crippen LogP contribution in [0.1, 0.15) is 67.6 Å². The van der Waals surface area contributed by atoms with Gasteiger partial charge in [0.2, 0.25) is 0 Å². The van der Waals surface area contributed by atoms with Crippen LogP contribution in [0.25, 0.3) is 16.8 Å². The number of aromatic nitrogens is 2. The summed E-state index contributed by atoms with van der Waals surface area (Å²) < 4.78 is 7.67. The van der Waals surface area contributed by atoms with Crippen LogP contribution in [0.15, 0.2) is 55.0 Å². The van der Waals surface area contributed by atoms with E-state index in [1.807, 2.05) is 16.7 Å². The van der Waals surface area contributed by atoms with Crippen LogP contribution in [0.5, 0.6) is 0 Å². The predicted molar refractivity (Wildman–Crippen MR) is 140 cm³/mol. The largest absolute Gasteiger partial charge is 0.381 e. The number of nitrogens with one attached hydrogen (secondary N) is 1. The molecule has 0 unspecified atom stereocenters. The molecule has 0 aliphatic heterocycles. The average molecular weight is 462 g/mol. The molecule has 34 heavy (non-hydrogen) atoms. The molecule has 0 saturated carbocycles. The lowest BCUT2D eigenvalue weighted by Crippen LogP contribution is -2.27. The van der Waals surface area contributed by atoms with Gasteiger partial charge in [0.15, 0.2) is 0 Å². The van der Waals surface area contributed by atoms with E-state index in [1.54, 1.807) is 12.5 Å². The van der Waals surface area contributed by atoms with Crippen LogP contribution in [-0.4, -0.2) is 35.2 Å². The molecule has 0 aliphatic rings. The molecule has 5 heteroatoms. The van der Waals surface area contributed by atoms with Crippen molar-refractivity contribution in [2.45, 2.75) is 59.8 Å². The van der Waals surface area contributed by atoms with Crippen molar-refractivity contribution in [2.75, 3.05) is 19.8 Å². The summed E-state index contributed by atoms with van der Waals surface area (Å²) in [5.74, 6) is 0.524. The molecule has 182 valence electrons. The van der Waals surface area contributed by atoms with Gasteiger partial charge in [0, 0.05) is 25.4 Å². The number of unbranched alkanes of at least 4 members (excludes halogenated alkanes) is 1. The minimum Gasteiger partial charge on any atom is -0.381 e. The monoisotopic (exact) mass is 461 g/mol. The molecule has 0 spiro atoms. The molecule has 0 aliphatic carbocycles. The van der Waals surface area contributed by atoms with Crippen LogP contribution in [0, 0.1) is 19.8 Å². The Labute approximate surface area is 204 Å². The molecular weight excluding hydrogens is 422 g/mol. The lowest BCUT2D eigenvalue weighted by atomic mass is 10.0. The molecule has 0 bridgehead atoms. The number of hydrogen-bond acceptors (Lipinski definition) is 3. The summed E-state index contributed by atoms with van der Waals surface area (Å²) in [5.41, 5.74) is 6.30. The van der Waals surface area contributed by atoms with Crippen molar-refractivity contribution in [3.63, 3.8) is 0 Å². The number of rotatable bonds is 13. The van der Waals surface area contributed by atoms with Gasteiger partial charge in [0.1, 0.15) is 5.69 Å². The van der Waals surface area contributed by atoms with Gasteiger partial charge in [-0.2, -0.15) is 0 Å². The number of nitrogens with zero attached hydrogens (tertiary/aromatic N) is 2. The highest BCUT2D eigenvalue weighted by molar-refractivity contribution is 5.93. The van der Waals surface area contributed by atoms with Gasteiger partial charge >= 0.3 is 0 Å². The molecule has 3 aromatic rings. The first-order valence-corrected chi connectivity index (χ1v) is 12.6. The number of aryl methyl sites for hydroxylation is 2. The normalized spacial score (nSPS) is 12.0. The van der Waals surface area contributed by atoms with Crippen molar-refractivity contribution in [2.24, 2.45) is 5.92 Å². The molecule has 5 nitrogen and oxygen atoms in total. The molecule has 1 aromatic heterocycles. The molecule has 1 amide bonds. The third-order valence-corrected chi connectivity index (χ3v) is 6.22. The Kier molecular flexibility index (Phi) is 9.89. The molecule has 0 fully saturated rings. The van der Waals surface area contributed by atoms with E-state index in [4.69, 9.17) is 4.74 Å². The van der Waals surface area contributed by atoms with E-state index < -0.39 is 0 Å². The predicted octanol–water partition coefficient (Wildman–Crippen LogP) is 6.51. The number of benzene rings is 2. The highest BCUT2D eigenvalue weighted by atomic mass is 16.5. The van der Waals surface area contributed by atoms with Gasteiger partial charge in [0.25, 0.3) is 5.91 Å². The molecule has 0 saturated heterocycles. The van der Waals surface area contributed by atoms with Crippen LogP contribution >= 0.6 is 0 Å². The van der Waals surface area contributed by atoms with Crippen molar-refractivity contribution < 1.29 is 9.53 Å². The van der Waals surface area contributed by atoms with E-state index in [2.05, 4.69) is 68.3 Å². The molecule has 1 heterocycles. The Bertz CT molecular complexity index is 1020. The van der Waals surface area contributed by atoms with E-state index in [0.717, 1.165) is 30.7 Å². The minimum atomic E-state index is -0.120. The van der Waals surface area contributed by atoms with Gasteiger partial charge in [-0.25, -0.2) is 4.98 Å². The third kappa shape index (κ3) is 7.29. The van der Waals surface area contributed by atoms with Crippen LogP contribution < -0.4 is 5.32 Å². The quantitative estimate of drug-likeness (QED) is 0.295. The number of imidazole rings is 1. The van der Waals surface area contributed by atoms with Crippen molar-refractivity contribution in [3.05, 3.63) is 71.8 Å². The first-order chi connectivity index (χ1) is 16.5. The van der Waals surface area contributed by atoms with Crippen molar-refractivity contribution in [1.29, 1.82) is 0 Å². The summed E-state index contributed by atoms with van der Waals surface area (Å²) >= 11 is 0. The number of carbonyl (C=O) groups excluding carboxylic acids is 1. The summed E-state index contributed by atoms with van der Waals surface area (Å²) in [6.45, 7) is 10.7. The lowest BCUT2D eigenvalue weighted by Gasteiger charge is -2.14. The van der Waals surface area contributed by atoms with Crippen molar-refractivity contribution in [1.82, 2.24) is 14.9 Å². The smallest absolute Gasteiger partial charge is 0.269 e. The van der Waals surface area contributed by atoms with Gasteiger partial charge in [-0.3, -0.25) is 9.36 Å². The maximum absolute atomic E-state index is 12.8. The van der Waals surface area contributed by atoms with E-state index in [9.17, 15) is 4.79 Å². The van der Waals surface area contributed by atoms with Gasteiger partial charge < -0.3 is 10.1 Å². The van der Waals surface area contributed by atoms with Crippen LogP contribution in [0.3, 0.4) is 0 Å². The molecule has 3 rings (SSSR count). The minimum absolute atomic E-state index is 0.120. The van der Waals surface area contributed by atoms with E-state index in [0.29, 0.717) is 24.8 Å². The first-order valence-electron chi connectivity index (χ1n) is 12.6. The van der Waals surface area contributed by atoms with Crippen LogP contribution in [0.4, 0.5) is 0 Å². The Morgan fingerprint density at radius 1 is 1.03 bits per heavy atom. The van der Waals surface area contributed by atoms with E-state index in [1.165, 1.54) is 36.0 Å². The second kappa shape index (κ2) is 13.1. The number of amides is 1. The molecule has 1 atom stereocenters. The number of hydrogen-bond donors (Lipinski definition) is 1. The Balaban J connectivity index is 1.51. The topological polar surface area (TPSA) is 56.1 Å². The summed E-state index contributed by atoms with van der Waals surface area (Å²) in [7, 11) is 0. The lowest BCUT2D eigenvalue weighted by molar-refractivity contribution is 0.0872. The Morgan fingerprint density at radius 3 is 2.44 bits per heavy atom. The van der Waals surface area contributed by atoms with Gasteiger partial charge in [0.05, 0.1) is 12.5 Å². The highest BCUT2D eigenvalue weighted by Gasteiger charge is 2.13. The second-order valence-electron chi connectivity index (χ2n) is 9.17. The van der Waals surface area contributed by atoms with E-state index >= 15 is 0 Å². The van der Waals surface area contributed by atoms with Crippen LogP contribution in [0.2, 0.25) is 0 Å². The van der Waals surface area contributed by atoms with E-state index in [-0.39, 0.29) is 5.91 Å². The fraction of sp³-hybridized carbons (Fsp3) is 0.448. The molecule has 2 aromatic carbocycles.